The number of aliphatic imine (C=N–C) groups is 1. The van der Waals surface area contributed by atoms with E-state index < -0.39 is 0 Å². The molecule has 19 heavy (non-hydrogen) atoms. The Morgan fingerprint density at radius 1 is 1.11 bits per heavy atom. The topological polar surface area (TPSA) is 45.7 Å². The fraction of sp³-hybridized carbons (Fsp3) is 0.933. The van der Waals surface area contributed by atoms with Crippen molar-refractivity contribution in [3.63, 3.8) is 0 Å². The molecule has 0 bridgehead atoms. The molecule has 114 valence electrons. The second-order valence-corrected chi connectivity index (χ2v) is 5.13. The van der Waals surface area contributed by atoms with Gasteiger partial charge in [0.2, 0.25) is 0 Å². The molecule has 0 unspecified atom stereocenters. The lowest BCUT2D eigenvalue weighted by molar-refractivity contribution is 0.143. The van der Waals surface area contributed by atoms with E-state index in [0.717, 1.165) is 57.6 Å². The Labute approximate surface area is 119 Å². The second kappa shape index (κ2) is 13.7. The molecule has 2 N–H and O–H groups in total. The van der Waals surface area contributed by atoms with Crippen molar-refractivity contribution >= 4 is 5.96 Å². The number of unbranched alkanes of at least 4 members (excludes halogenated alkanes) is 1. The Hall–Kier alpha value is -0.770. The van der Waals surface area contributed by atoms with Gasteiger partial charge >= 0.3 is 0 Å². The monoisotopic (exact) mass is 271 g/mol. The molecule has 0 saturated heterocycles. The minimum atomic E-state index is 0.768. The number of guanidine groups is 1. The van der Waals surface area contributed by atoms with Gasteiger partial charge in [0.05, 0.1) is 0 Å². The molecule has 0 aliphatic heterocycles. The standard InChI is InChI=1S/C15H33N3O/c1-5-16-15(18-12-9-10-14(3)4)17-11-7-8-13-19-6-2/h14H,5-13H2,1-4H3,(H2,16,17,18). The summed E-state index contributed by atoms with van der Waals surface area (Å²) in [5.41, 5.74) is 0. The van der Waals surface area contributed by atoms with E-state index in [0.29, 0.717) is 0 Å². The molecule has 0 aromatic carbocycles. The Balaban J connectivity index is 3.68. The summed E-state index contributed by atoms with van der Waals surface area (Å²) in [5.74, 6) is 1.71. The van der Waals surface area contributed by atoms with E-state index in [2.05, 4.69) is 36.4 Å². The van der Waals surface area contributed by atoms with Crippen LogP contribution < -0.4 is 10.6 Å². The van der Waals surface area contributed by atoms with Crippen LogP contribution in [0.25, 0.3) is 0 Å². The average molecular weight is 271 g/mol. The highest BCUT2D eigenvalue weighted by atomic mass is 16.5. The highest BCUT2D eigenvalue weighted by molar-refractivity contribution is 5.79. The van der Waals surface area contributed by atoms with E-state index in [4.69, 9.17) is 4.74 Å². The van der Waals surface area contributed by atoms with Gasteiger partial charge in [0.25, 0.3) is 0 Å². The molecule has 0 aliphatic carbocycles. The Morgan fingerprint density at radius 3 is 2.53 bits per heavy atom. The first-order chi connectivity index (χ1) is 9.20. The zero-order valence-corrected chi connectivity index (χ0v) is 13.3. The first-order valence-electron chi connectivity index (χ1n) is 7.80. The molecule has 0 radical (unpaired) electrons. The third kappa shape index (κ3) is 13.5. The van der Waals surface area contributed by atoms with Gasteiger partial charge < -0.3 is 15.4 Å². The maximum atomic E-state index is 5.32. The average Bonchev–Trinajstić information content (AvgIpc) is 2.38. The van der Waals surface area contributed by atoms with Gasteiger partial charge in [-0.1, -0.05) is 13.8 Å². The van der Waals surface area contributed by atoms with Crippen molar-refractivity contribution < 1.29 is 4.74 Å². The first-order valence-corrected chi connectivity index (χ1v) is 7.80. The molecule has 0 saturated carbocycles. The van der Waals surface area contributed by atoms with Gasteiger partial charge in [-0.15, -0.1) is 0 Å². The molecule has 0 aromatic rings. The summed E-state index contributed by atoms with van der Waals surface area (Å²) in [6.45, 7) is 13.1. The maximum Gasteiger partial charge on any atom is 0.191 e. The molecule has 0 rings (SSSR count). The van der Waals surface area contributed by atoms with Crippen molar-refractivity contribution in [3.8, 4) is 0 Å². The lowest BCUT2D eigenvalue weighted by atomic mass is 10.1. The van der Waals surface area contributed by atoms with Crippen LogP contribution in [0.15, 0.2) is 4.99 Å². The summed E-state index contributed by atoms with van der Waals surface area (Å²) in [5, 5.41) is 6.65. The Bertz CT molecular complexity index is 217. The van der Waals surface area contributed by atoms with Crippen LogP contribution in [0.4, 0.5) is 0 Å². The summed E-state index contributed by atoms with van der Waals surface area (Å²) < 4.78 is 5.32. The smallest absolute Gasteiger partial charge is 0.191 e. The number of hydrogen-bond donors (Lipinski definition) is 2. The molecule has 0 fully saturated rings. The molecule has 0 heterocycles. The molecule has 0 aliphatic rings. The summed E-state index contributed by atoms with van der Waals surface area (Å²) in [4.78, 5) is 4.58. The van der Waals surface area contributed by atoms with Crippen LogP contribution >= 0.6 is 0 Å². The van der Waals surface area contributed by atoms with Gasteiger partial charge in [-0.3, -0.25) is 4.99 Å². The van der Waals surface area contributed by atoms with Crippen molar-refractivity contribution in [3.05, 3.63) is 0 Å². The van der Waals surface area contributed by atoms with Gasteiger partial charge in [0, 0.05) is 32.8 Å². The molecular weight excluding hydrogens is 238 g/mol. The Kier molecular flexibility index (Phi) is 13.1. The summed E-state index contributed by atoms with van der Waals surface area (Å²) >= 11 is 0. The van der Waals surface area contributed by atoms with E-state index in [1.165, 1.54) is 12.8 Å². The van der Waals surface area contributed by atoms with Gasteiger partial charge in [-0.05, 0) is 45.4 Å². The van der Waals surface area contributed by atoms with Gasteiger partial charge in [-0.2, -0.15) is 0 Å². The van der Waals surface area contributed by atoms with Crippen LogP contribution in [0, 0.1) is 5.92 Å². The maximum absolute atomic E-state index is 5.32. The zero-order chi connectivity index (χ0) is 14.3. The van der Waals surface area contributed by atoms with Gasteiger partial charge in [0.1, 0.15) is 0 Å². The fourth-order valence-electron chi connectivity index (χ4n) is 1.71. The molecule has 4 heteroatoms. The van der Waals surface area contributed by atoms with Crippen molar-refractivity contribution in [1.29, 1.82) is 0 Å². The molecule has 4 nitrogen and oxygen atoms in total. The van der Waals surface area contributed by atoms with Crippen LogP contribution in [-0.2, 0) is 4.74 Å². The van der Waals surface area contributed by atoms with Gasteiger partial charge in [-0.25, -0.2) is 0 Å². The van der Waals surface area contributed by atoms with Crippen molar-refractivity contribution in [1.82, 2.24) is 10.6 Å². The minimum absolute atomic E-state index is 0.768. The molecule has 0 spiro atoms. The molecular formula is C15H33N3O. The lowest BCUT2D eigenvalue weighted by Crippen LogP contribution is -2.38. The van der Waals surface area contributed by atoms with Crippen molar-refractivity contribution in [2.75, 3.05) is 32.8 Å². The van der Waals surface area contributed by atoms with Crippen LogP contribution in [0.3, 0.4) is 0 Å². The fourth-order valence-corrected chi connectivity index (χ4v) is 1.71. The van der Waals surface area contributed by atoms with E-state index in [-0.39, 0.29) is 0 Å². The SMILES string of the molecule is CCNC(=NCCCC(C)C)NCCCCOCC. The molecule has 0 aromatic heterocycles. The van der Waals surface area contributed by atoms with E-state index in [1.807, 2.05) is 6.92 Å². The normalized spacial score (nSPS) is 11.9. The van der Waals surface area contributed by atoms with Crippen molar-refractivity contribution in [2.24, 2.45) is 10.9 Å². The molecule has 0 amide bonds. The number of nitrogens with zero attached hydrogens (tertiary/aromatic N) is 1. The summed E-state index contributed by atoms with van der Waals surface area (Å²) in [6, 6.07) is 0. The van der Waals surface area contributed by atoms with Gasteiger partial charge in [0.15, 0.2) is 5.96 Å². The highest BCUT2D eigenvalue weighted by Gasteiger charge is 1.97. The second-order valence-electron chi connectivity index (χ2n) is 5.13. The number of nitrogens with one attached hydrogen (secondary N) is 2. The summed E-state index contributed by atoms with van der Waals surface area (Å²) in [6.07, 6.45) is 4.64. The predicted octanol–water partition coefficient (Wildman–Crippen LogP) is 2.79. The summed E-state index contributed by atoms with van der Waals surface area (Å²) in [7, 11) is 0. The quantitative estimate of drug-likeness (QED) is 0.345. The van der Waals surface area contributed by atoms with E-state index in [9.17, 15) is 0 Å². The number of hydrogen-bond acceptors (Lipinski definition) is 2. The van der Waals surface area contributed by atoms with Crippen LogP contribution in [0.5, 0.6) is 0 Å². The highest BCUT2D eigenvalue weighted by Crippen LogP contribution is 2.02. The lowest BCUT2D eigenvalue weighted by Gasteiger charge is -2.11. The van der Waals surface area contributed by atoms with E-state index >= 15 is 0 Å². The van der Waals surface area contributed by atoms with E-state index in [1.54, 1.807) is 0 Å². The van der Waals surface area contributed by atoms with Crippen LogP contribution in [0.2, 0.25) is 0 Å². The minimum Gasteiger partial charge on any atom is -0.382 e. The largest absolute Gasteiger partial charge is 0.382 e. The third-order valence-electron chi connectivity index (χ3n) is 2.77. The first kappa shape index (κ1) is 18.2. The van der Waals surface area contributed by atoms with Crippen LogP contribution in [-0.4, -0.2) is 38.8 Å². The predicted molar refractivity (Wildman–Crippen MR) is 83.8 cm³/mol. The number of ether oxygens (including phenoxy) is 1. The third-order valence-corrected chi connectivity index (χ3v) is 2.77. The van der Waals surface area contributed by atoms with Crippen LogP contribution in [0.1, 0.15) is 53.4 Å². The molecule has 0 atom stereocenters. The Morgan fingerprint density at radius 2 is 1.89 bits per heavy atom. The zero-order valence-electron chi connectivity index (χ0n) is 13.3. The number of rotatable bonds is 11. The van der Waals surface area contributed by atoms with Crippen molar-refractivity contribution in [2.45, 2.75) is 53.4 Å².